The number of aromatic nitrogens is 3. The van der Waals surface area contributed by atoms with E-state index in [0.29, 0.717) is 11.3 Å². The zero-order valence-electron chi connectivity index (χ0n) is 16.6. The van der Waals surface area contributed by atoms with E-state index in [-0.39, 0.29) is 17.1 Å². The molecule has 0 fully saturated rings. The van der Waals surface area contributed by atoms with Gasteiger partial charge in [-0.1, -0.05) is 18.2 Å². The summed E-state index contributed by atoms with van der Waals surface area (Å²) in [6.07, 6.45) is 1.30. The maximum atomic E-state index is 11.6. The van der Waals surface area contributed by atoms with E-state index in [9.17, 15) is 23.8 Å². The number of nitriles is 1. The summed E-state index contributed by atoms with van der Waals surface area (Å²) in [6.45, 7) is 1.91. The first-order valence-electron chi connectivity index (χ1n) is 9.12. The molecule has 2 heterocycles. The number of primary sulfonamides is 1. The average molecular weight is 449 g/mol. The Morgan fingerprint density at radius 1 is 1.22 bits per heavy atom. The van der Waals surface area contributed by atoms with Crippen molar-refractivity contribution in [2.24, 2.45) is 5.14 Å². The van der Waals surface area contributed by atoms with Gasteiger partial charge in [-0.3, -0.25) is 10.1 Å². The van der Waals surface area contributed by atoms with Crippen molar-refractivity contribution >= 4 is 38.1 Å². The molecule has 4 aromatic rings. The lowest BCUT2D eigenvalue weighted by Crippen LogP contribution is -2.13. The Hall–Kier alpha value is -4.34. The van der Waals surface area contributed by atoms with E-state index in [4.69, 9.17) is 5.14 Å². The first-order valence-corrected chi connectivity index (χ1v) is 10.7. The van der Waals surface area contributed by atoms with Crippen LogP contribution in [-0.2, 0) is 10.0 Å². The number of nitrogens with zero attached hydrogens (tertiary/aromatic N) is 5. The SMILES string of the molecule is Cc1cc(-n2ncc(C#N)c2Nc2ccc(S(N)(=O)=O)cc2[N+](=O)[O-])nc2ccccc12. The number of sulfonamides is 1. The minimum absolute atomic E-state index is 0.0434. The van der Waals surface area contributed by atoms with Gasteiger partial charge in [0, 0.05) is 11.5 Å². The maximum absolute atomic E-state index is 11.6. The Morgan fingerprint density at radius 2 is 1.97 bits per heavy atom. The predicted octanol–water partition coefficient (Wildman–Crippen LogP) is 2.90. The minimum atomic E-state index is -4.14. The van der Waals surface area contributed by atoms with E-state index < -0.39 is 25.5 Å². The Bertz CT molecular complexity index is 1540. The number of nitro benzene ring substituents is 1. The van der Waals surface area contributed by atoms with Crippen molar-refractivity contribution in [2.45, 2.75) is 11.8 Å². The molecule has 0 saturated heterocycles. The molecule has 2 aromatic heterocycles. The molecule has 2 aromatic carbocycles. The maximum Gasteiger partial charge on any atom is 0.294 e. The second-order valence-corrected chi connectivity index (χ2v) is 8.41. The molecule has 0 unspecified atom stereocenters. The summed E-state index contributed by atoms with van der Waals surface area (Å²) in [4.78, 5) is 15.0. The number of nitrogens with one attached hydrogen (secondary N) is 1. The second-order valence-electron chi connectivity index (χ2n) is 6.85. The normalized spacial score (nSPS) is 11.3. The van der Waals surface area contributed by atoms with Gasteiger partial charge in [0.15, 0.2) is 11.6 Å². The fraction of sp³-hybridized carbons (Fsp3) is 0.0500. The molecule has 0 aliphatic heterocycles. The fourth-order valence-electron chi connectivity index (χ4n) is 3.24. The molecular weight excluding hydrogens is 434 g/mol. The summed E-state index contributed by atoms with van der Waals surface area (Å²) >= 11 is 0. The van der Waals surface area contributed by atoms with Crippen LogP contribution in [0.1, 0.15) is 11.1 Å². The zero-order chi connectivity index (χ0) is 23.0. The summed E-state index contributed by atoms with van der Waals surface area (Å²) in [6, 6.07) is 14.5. The molecule has 0 radical (unpaired) electrons. The van der Waals surface area contributed by atoms with Gasteiger partial charge in [-0.05, 0) is 36.8 Å². The average Bonchev–Trinajstić information content (AvgIpc) is 3.15. The third kappa shape index (κ3) is 3.73. The second kappa shape index (κ2) is 7.73. The highest BCUT2D eigenvalue weighted by molar-refractivity contribution is 7.89. The van der Waals surface area contributed by atoms with Crippen molar-refractivity contribution in [3.63, 3.8) is 0 Å². The van der Waals surface area contributed by atoms with E-state index >= 15 is 0 Å². The lowest BCUT2D eigenvalue weighted by atomic mass is 10.1. The van der Waals surface area contributed by atoms with Crippen molar-refractivity contribution in [1.82, 2.24) is 14.8 Å². The van der Waals surface area contributed by atoms with Crippen LogP contribution in [-0.4, -0.2) is 28.1 Å². The molecule has 0 saturated carbocycles. The Kier molecular flexibility index (Phi) is 5.05. The van der Waals surface area contributed by atoms with Gasteiger partial charge in [0.25, 0.3) is 5.69 Å². The van der Waals surface area contributed by atoms with Crippen molar-refractivity contribution < 1.29 is 13.3 Å². The molecule has 32 heavy (non-hydrogen) atoms. The van der Waals surface area contributed by atoms with Crippen molar-refractivity contribution in [3.05, 3.63) is 76.0 Å². The molecule has 0 atom stereocenters. The van der Waals surface area contributed by atoms with Crippen LogP contribution in [0.3, 0.4) is 0 Å². The third-order valence-electron chi connectivity index (χ3n) is 4.76. The van der Waals surface area contributed by atoms with Gasteiger partial charge in [-0.15, -0.1) is 0 Å². The zero-order valence-corrected chi connectivity index (χ0v) is 17.4. The van der Waals surface area contributed by atoms with Gasteiger partial charge in [-0.2, -0.15) is 15.0 Å². The highest BCUT2D eigenvalue weighted by Crippen LogP contribution is 2.32. The summed E-state index contributed by atoms with van der Waals surface area (Å²) < 4.78 is 24.5. The third-order valence-corrected chi connectivity index (χ3v) is 5.67. The van der Waals surface area contributed by atoms with Gasteiger partial charge in [-0.25, -0.2) is 18.5 Å². The van der Waals surface area contributed by atoms with Crippen LogP contribution in [0.2, 0.25) is 0 Å². The van der Waals surface area contributed by atoms with E-state index in [1.54, 1.807) is 6.07 Å². The van der Waals surface area contributed by atoms with Crippen LogP contribution in [0.4, 0.5) is 17.2 Å². The van der Waals surface area contributed by atoms with Gasteiger partial charge in [0.05, 0.1) is 21.5 Å². The Balaban J connectivity index is 1.86. The molecule has 0 bridgehead atoms. The van der Waals surface area contributed by atoms with Crippen molar-refractivity contribution in [2.75, 3.05) is 5.32 Å². The van der Waals surface area contributed by atoms with Crippen LogP contribution in [0.15, 0.2) is 59.6 Å². The number of para-hydroxylation sites is 1. The van der Waals surface area contributed by atoms with E-state index in [1.165, 1.54) is 16.9 Å². The molecule has 4 rings (SSSR count). The number of rotatable bonds is 5. The van der Waals surface area contributed by atoms with Gasteiger partial charge >= 0.3 is 0 Å². The van der Waals surface area contributed by atoms with Crippen molar-refractivity contribution in [3.8, 4) is 11.9 Å². The number of aryl methyl sites for hydroxylation is 1. The number of nitrogens with two attached hydrogens (primary N) is 1. The van der Waals surface area contributed by atoms with Gasteiger partial charge in [0.2, 0.25) is 10.0 Å². The molecule has 11 nitrogen and oxygen atoms in total. The fourth-order valence-corrected chi connectivity index (χ4v) is 3.77. The van der Waals surface area contributed by atoms with Crippen molar-refractivity contribution in [1.29, 1.82) is 5.26 Å². The molecule has 0 spiro atoms. The highest BCUT2D eigenvalue weighted by atomic mass is 32.2. The number of hydrogen-bond donors (Lipinski definition) is 2. The molecular formula is C20H15N7O4S. The Morgan fingerprint density at radius 3 is 2.66 bits per heavy atom. The largest absolute Gasteiger partial charge is 0.333 e. The minimum Gasteiger partial charge on any atom is -0.333 e. The Labute approximate surface area is 181 Å². The summed E-state index contributed by atoms with van der Waals surface area (Å²) in [5.41, 5.74) is 1.18. The standard InChI is InChI=1S/C20H15N7O4S/c1-12-8-19(24-16-5-3-2-4-15(12)16)26-20(13(10-21)11-23-26)25-17-7-6-14(32(22,30)31)9-18(17)27(28)29/h2-9,11,25H,1H3,(H2,22,30,31). The van der Waals surface area contributed by atoms with Crippen LogP contribution < -0.4 is 10.5 Å². The first-order chi connectivity index (χ1) is 15.2. The first kappa shape index (κ1) is 20.9. The van der Waals surface area contributed by atoms with E-state index in [0.717, 1.165) is 23.1 Å². The molecule has 0 amide bonds. The van der Waals surface area contributed by atoms with E-state index in [2.05, 4.69) is 15.4 Å². The lowest BCUT2D eigenvalue weighted by molar-refractivity contribution is -0.384. The number of fused-ring (bicyclic) bond motifs is 1. The van der Waals surface area contributed by atoms with Crippen LogP contribution in [0.5, 0.6) is 0 Å². The van der Waals surface area contributed by atoms with Crippen LogP contribution in [0.25, 0.3) is 16.7 Å². The summed E-state index contributed by atoms with van der Waals surface area (Å²) in [7, 11) is -4.14. The smallest absolute Gasteiger partial charge is 0.294 e. The lowest BCUT2D eigenvalue weighted by Gasteiger charge is -2.12. The summed E-state index contributed by atoms with van der Waals surface area (Å²) in [5, 5.41) is 34.2. The molecule has 12 heteroatoms. The van der Waals surface area contributed by atoms with E-state index in [1.807, 2.05) is 37.3 Å². The van der Waals surface area contributed by atoms with Gasteiger partial charge < -0.3 is 5.32 Å². The van der Waals surface area contributed by atoms with Crippen LogP contribution >= 0.6 is 0 Å². The van der Waals surface area contributed by atoms with Gasteiger partial charge in [0.1, 0.15) is 17.3 Å². The number of nitro groups is 1. The number of hydrogen-bond acceptors (Lipinski definition) is 8. The summed E-state index contributed by atoms with van der Waals surface area (Å²) in [5.74, 6) is 0.537. The quantitative estimate of drug-likeness (QED) is 0.346. The molecule has 0 aliphatic carbocycles. The number of anilines is 2. The molecule has 0 aliphatic rings. The number of pyridine rings is 1. The highest BCUT2D eigenvalue weighted by Gasteiger charge is 2.22. The monoisotopic (exact) mass is 449 g/mol. The predicted molar refractivity (Wildman–Crippen MR) is 116 cm³/mol. The van der Waals surface area contributed by atoms with Crippen LogP contribution in [0, 0.1) is 28.4 Å². The molecule has 160 valence electrons. The molecule has 3 N–H and O–H groups in total. The topological polar surface area (TPSA) is 170 Å². The number of benzene rings is 2.